The van der Waals surface area contributed by atoms with Crippen molar-refractivity contribution in [2.75, 3.05) is 14.1 Å². The third-order valence-corrected chi connectivity index (χ3v) is 6.88. The van der Waals surface area contributed by atoms with Crippen LogP contribution in [-0.4, -0.2) is 83.0 Å². The Morgan fingerprint density at radius 3 is 2.24 bits per heavy atom. The summed E-state index contributed by atoms with van der Waals surface area (Å²) in [6.45, 7) is 0.445. The molecule has 1 unspecified atom stereocenters. The molecule has 1 aromatic carbocycles. The van der Waals surface area contributed by atoms with Gasteiger partial charge >= 0.3 is 6.75 Å². The smallest absolute Gasteiger partial charge is 0.518 e. The summed E-state index contributed by atoms with van der Waals surface area (Å²) in [7, 11) is 2.96. The number of aromatic nitrogens is 2. The van der Waals surface area contributed by atoms with Crippen molar-refractivity contribution in [3.05, 3.63) is 60.2 Å². The minimum Gasteiger partial charge on any atom is -0.632 e. The molecular formula is C27H33BN5O8-. The fourth-order valence-corrected chi connectivity index (χ4v) is 5.13. The van der Waals surface area contributed by atoms with E-state index in [-0.39, 0.29) is 24.5 Å². The van der Waals surface area contributed by atoms with Gasteiger partial charge in [-0.25, -0.2) is 4.98 Å². The molecule has 4 rings (SSSR count). The Morgan fingerprint density at radius 2 is 1.68 bits per heavy atom. The molecule has 3 amide bonds. The Kier molecular flexibility index (Phi) is 8.71. The number of amides is 3. The SMILES string of the molecule is CC(C)CC(NC(=O)[C@H](Cc1ccccc1)NC(=O)c1cnccn1)[B-]12OC(=O)CC(C(=O)N(C)C)(CC(=O)O1)O2. The van der Waals surface area contributed by atoms with Crippen LogP contribution in [0.25, 0.3) is 0 Å². The lowest BCUT2D eigenvalue weighted by atomic mass is 9.61. The zero-order chi connectivity index (χ0) is 29.8. The van der Waals surface area contributed by atoms with Crippen LogP contribution in [-0.2, 0) is 39.6 Å². The summed E-state index contributed by atoms with van der Waals surface area (Å²) in [5.74, 6) is -4.70. The number of nitrogens with one attached hydrogen (secondary N) is 2. The van der Waals surface area contributed by atoms with Crippen LogP contribution in [0.5, 0.6) is 0 Å². The van der Waals surface area contributed by atoms with Crippen LogP contribution in [0.4, 0.5) is 0 Å². The first kappa shape index (κ1) is 29.7. The highest BCUT2D eigenvalue weighted by atomic mass is 16.8. The number of nitrogens with zero attached hydrogens (tertiary/aromatic N) is 3. The van der Waals surface area contributed by atoms with Crippen molar-refractivity contribution in [3.63, 3.8) is 0 Å². The fourth-order valence-electron chi connectivity index (χ4n) is 5.13. The van der Waals surface area contributed by atoms with Crippen LogP contribution < -0.4 is 10.6 Å². The third kappa shape index (κ3) is 6.71. The number of hydrogen-bond donors (Lipinski definition) is 2. The van der Waals surface area contributed by atoms with Gasteiger partial charge in [0.25, 0.3) is 23.8 Å². The van der Waals surface area contributed by atoms with Crippen molar-refractivity contribution in [1.82, 2.24) is 25.5 Å². The number of fused-ring (bicyclic) bond motifs is 2. The number of benzene rings is 1. The van der Waals surface area contributed by atoms with Crippen LogP contribution in [0.3, 0.4) is 0 Å². The zero-order valence-electron chi connectivity index (χ0n) is 23.4. The second kappa shape index (κ2) is 12.0. The van der Waals surface area contributed by atoms with Gasteiger partial charge in [0, 0.05) is 38.9 Å². The van der Waals surface area contributed by atoms with E-state index in [1.807, 2.05) is 19.9 Å². The van der Waals surface area contributed by atoms with E-state index in [9.17, 15) is 24.0 Å². The van der Waals surface area contributed by atoms with Gasteiger partial charge in [0.2, 0.25) is 5.91 Å². The van der Waals surface area contributed by atoms with Gasteiger partial charge in [-0.05, 0) is 11.5 Å². The minimum absolute atomic E-state index is 0.0117. The normalized spacial score (nSPS) is 23.0. The highest BCUT2D eigenvalue weighted by molar-refractivity contribution is 6.67. The van der Waals surface area contributed by atoms with Crippen molar-refractivity contribution >= 4 is 36.4 Å². The van der Waals surface area contributed by atoms with Gasteiger partial charge in [0.05, 0.1) is 19.0 Å². The van der Waals surface area contributed by atoms with Crippen LogP contribution >= 0.6 is 0 Å². The zero-order valence-corrected chi connectivity index (χ0v) is 23.4. The highest BCUT2D eigenvalue weighted by Crippen LogP contribution is 2.41. The molecule has 0 spiro atoms. The molecule has 2 fully saturated rings. The summed E-state index contributed by atoms with van der Waals surface area (Å²) in [6.07, 6.45) is 3.36. The molecule has 2 saturated heterocycles. The summed E-state index contributed by atoms with van der Waals surface area (Å²) < 4.78 is 17.2. The molecule has 218 valence electrons. The maximum Gasteiger partial charge on any atom is 0.518 e. The van der Waals surface area contributed by atoms with E-state index in [0.717, 1.165) is 5.56 Å². The van der Waals surface area contributed by atoms with Crippen LogP contribution in [0.1, 0.15) is 49.2 Å². The standard InChI is InChI=1S/C27H33BN5O8/c1-17(2)12-21(28-39-22(34)14-27(41-28,15-23(35)40-28)26(38)33(3)4)32-24(36)19(13-18-8-6-5-7-9-18)31-25(37)20-16-29-10-11-30-20/h5-11,16-17,19,21H,12-15H2,1-4H3,(H,31,37)(H,32,36)/q-1/t19-,21?,27?,28?/m0/s1. The van der Waals surface area contributed by atoms with Crippen LogP contribution in [0.2, 0.25) is 0 Å². The van der Waals surface area contributed by atoms with Gasteiger partial charge < -0.3 is 29.5 Å². The van der Waals surface area contributed by atoms with Gasteiger partial charge in [0.15, 0.2) is 0 Å². The minimum atomic E-state index is -3.27. The summed E-state index contributed by atoms with van der Waals surface area (Å²) in [4.78, 5) is 74.7. The van der Waals surface area contributed by atoms with E-state index in [2.05, 4.69) is 20.6 Å². The number of carbonyl (C=O) groups is 5. The fraction of sp³-hybridized carbons (Fsp3) is 0.444. The van der Waals surface area contributed by atoms with E-state index >= 15 is 0 Å². The second-order valence-corrected chi connectivity index (χ2v) is 10.9. The van der Waals surface area contributed by atoms with Crippen LogP contribution in [0.15, 0.2) is 48.9 Å². The monoisotopic (exact) mass is 566 g/mol. The summed E-state index contributed by atoms with van der Waals surface area (Å²) >= 11 is 0. The molecule has 2 N–H and O–H groups in total. The molecular weight excluding hydrogens is 533 g/mol. The van der Waals surface area contributed by atoms with E-state index in [4.69, 9.17) is 14.0 Å². The van der Waals surface area contributed by atoms with Crippen molar-refractivity contribution in [1.29, 1.82) is 0 Å². The lowest BCUT2D eigenvalue weighted by Crippen LogP contribution is -2.75. The second-order valence-electron chi connectivity index (χ2n) is 10.9. The Morgan fingerprint density at radius 1 is 1.02 bits per heavy atom. The first-order valence-corrected chi connectivity index (χ1v) is 13.3. The molecule has 3 heterocycles. The largest absolute Gasteiger partial charge is 0.632 e. The van der Waals surface area contributed by atoms with Crippen molar-refractivity contribution in [3.8, 4) is 0 Å². The van der Waals surface area contributed by atoms with Gasteiger partial charge in [-0.1, -0.05) is 50.6 Å². The Bertz CT molecular complexity index is 1290. The molecule has 13 nitrogen and oxygen atoms in total. The molecule has 0 saturated carbocycles. The average molecular weight is 566 g/mol. The van der Waals surface area contributed by atoms with E-state index < -0.39 is 66.8 Å². The maximum absolute atomic E-state index is 13.8. The van der Waals surface area contributed by atoms with Gasteiger partial charge in [-0.3, -0.25) is 29.0 Å². The molecule has 0 radical (unpaired) electrons. The first-order valence-electron chi connectivity index (χ1n) is 13.3. The molecule has 2 aliphatic rings. The molecule has 0 aliphatic carbocycles. The molecule has 2 aliphatic heterocycles. The summed E-state index contributed by atoms with van der Waals surface area (Å²) in [5, 5.41) is 5.49. The number of hydrogen-bond acceptors (Lipinski definition) is 10. The molecule has 2 atom stereocenters. The Labute approximate surface area is 237 Å². The van der Waals surface area contributed by atoms with E-state index in [1.54, 1.807) is 24.3 Å². The first-order chi connectivity index (χ1) is 19.4. The number of rotatable bonds is 10. The quantitative estimate of drug-likeness (QED) is 0.388. The lowest BCUT2D eigenvalue weighted by Gasteiger charge is -2.58. The molecule has 2 aromatic rings. The van der Waals surface area contributed by atoms with Crippen molar-refractivity contribution in [2.45, 2.75) is 57.1 Å². The van der Waals surface area contributed by atoms with Gasteiger partial charge in [-0.15, -0.1) is 0 Å². The average Bonchev–Trinajstić information content (AvgIpc) is 2.91. The predicted molar refractivity (Wildman–Crippen MR) is 144 cm³/mol. The Hall–Kier alpha value is -4.33. The summed E-state index contributed by atoms with van der Waals surface area (Å²) in [5.41, 5.74) is -1.05. The number of likely N-dealkylation sites (N-methyl/N-ethyl adjacent to an activating group) is 1. The van der Waals surface area contributed by atoms with E-state index in [1.165, 1.54) is 37.6 Å². The predicted octanol–water partition coefficient (Wildman–Crippen LogP) is 0.564. The highest BCUT2D eigenvalue weighted by Gasteiger charge is 2.62. The summed E-state index contributed by atoms with van der Waals surface area (Å²) in [6, 6.07) is 7.93. The van der Waals surface area contributed by atoms with Crippen LogP contribution in [0, 0.1) is 5.92 Å². The number of carbonyl (C=O) groups excluding carboxylic acids is 5. The topological polar surface area (TPSA) is 166 Å². The molecule has 41 heavy (non-hydrogen) atoms. The lowest BCUT2D eigenvalue weighted by molar-refractivity contribution is -0.189. The van der Waals surface area contributed by atoms with Gasteiger partial charge in [0.1, 0.15) is 17.3 Å². The maximum atomic E-state index is 13.8. The van der Waals surface area contributed by atoms with Crippen molar-refractivity contribution < 1.29 is 37.9 Å². The molecule has 1 aromatic heterocycles. The molecule has 14 heteroatoms. The van der Waals surface area contributed by atoms with E-state index in [0.29, 0.717) is 0 Å². The van der Waals surface area contributed by atoms with Gasteiger partial charge in [-0.2, -0.15) is 0 Å². The third-order valence-electron chi connectivity index (χ3n) is 6.88. The Balaban J connectivity index is 1.66. The molecule has 2 bridgehead atoms. The van der Waals surface area contributed by atoms with Crippen molar-refractivity contribution in [2.24, 2.45) is 5.92 Å².